The number of hydrogen-bond donors (Lipinski definition) is 1. The van der Waals surface area contributed by atoms with Gasteiger partial charge in [0, 0.05) is 24.6 Å². The highest BCUT2D eigenvalue weighted by molar-refractivity contribution is 5.59. The summed E-state index contributed by atoms with van der Waals surface area (Å²) in [7, 11) is 1.77. The van der Waals surface area contributed by atoms with Gasteiger partial charge < -0.3 is 14.5 Å². The fraction of sp³-hybridized carbons (Fsp3) is 0.455. The second-order valence-corrected chi connectivity index (χ2v) is 7.73. The molecule has 0 aromatic heterocycles. The molecule has 1 fully saturated rings. The predicted octanol–water partition coefficient (Wildman–Crippen LogP) is 3.21. The number of nitrogens with one attached hydrogen (secondary N) is 1. The van der Waals surface area contributed by atoms with Gasteiger partial charge in [-0.05, 0) is 42.7 Å². The zero-order valence-corrected chi connectivity index (χ0v) is 15.6. The third-order valence-electron chi connectivity index (χ3n) is 6.59. The molecule has 0 radical (unpaired) electrons. The minimum atomic E-state index is 0.312. The van der Waals surface area contributed by atoms with E-state index >= 15 is 0 Å². The lowest BCUT2D eigenvalue weighted by atomic mass is 9.79. The van der Waals surface area contributed by atoms with E-state index in [0.29, 0.717) is 11.5 Å². The highest BCUT2D eigenvalue weighted by Crippen LogP contribution is 2.43. The van der Waals surface area contributed by atoms with Gasteiger partial charge in [-0.25, -0.2) is 0 Å². The van der Waals surface area contributed by atoms with Crippen LogP contribution < -0.4 is 14.5 Å². The normalized spacial score (nSPS) is 27.7. The molecule has 0 spiro atoms. The molecule has 25 heavy (non-hydrogen) atoms. The first-order chi connectivity index (χ1) is 12.2. The zero-order chi connectivity index (χ0) is 17.4. The topological polar surface area (TPSA) is 16.9 Å². The lowest BCUT2D eigenvalue weighted by Gasteiger charge is -2.34. The molecular weight excluding hydrogens is 308 g/mol. The minimum absolute atomic E-state index is 0.312. The number of rotatable bonds is 4. The molecule has 3 nitrogen and oxygen atoms in total. The van der Waals surface area contributed by atoms with Crippen LogP contribution in [0.1, 0.15) is 43.7 Å². The van der Waals surface area contributed by atoms with E-state index in [2.05, 4.69) is 67.3 Å². The second-order valence-electron chi connectivity index (χ2n) is 7.73. The molecule has 0 amide bonds. The first-order valence-electron chi connectivity index (χ1n) is 9.47. The van der Waals surface area contributed by atoms with Gasteiger partial charge in [-0.15, -0.1) is 0 Å². The van der Waals surface area contributed by atoms with Gasteiger partial charge in [0.25, 0.3) is 0 Å². The highest BCUT2D eigenvalue weighted by atomic mass is 16.5. The summed E-state index contributed by atoms with van der Waals surface area (Å²) in [5, 5.41) is 0. The summed E-state index contributed by atoms with van der Waals surface area (Å²) in [4.78, 5) is 4.30. The second kappa shape index (κ2) is 6.38. The maximum atomic E-state index is 5.56. The maximum absolute atomic E-state index is 5.56. The number of benzene rings is 2. The number of anilines is 1. The van der Waals surface area contributed by atoms with Crippen molar-refractivity contribution in [3.63, 3.8) is 0 Å². The third kappa shape index (κ3) is 2.71. The largest absolute Gasteiger partial charge is 0.497 e. The first kappa shape index (κ1) is 16.5. The van der Waals surface area contributed by atoms with Gasteiger partial charge in [-0.3, -0.25) is 0 Å². The van der Waals surface area contributed by atoms with Gasteiger partial charge in [0.05, 0.1) is 13.7 Å². The van der Waals surface area contributed by atoms with E-state index in [1.807, 2.05) is 0 Å². The van der Waals surface area contributed by atoms with Crippen LogP contribution in [0.15, 0.2) is 48.5 Å². The molecule has 2 aliphatic rings. The summed E-state index contributed by atoms with van der Waals surface area (Å²) >= 11 is 0. The van der Waals surface area contributed by atoms with E-state index in [1.165, 1.54) is 36.2 Å². The van der Waals surface area contributed by atoms with Crippen LogP contribution >= 0.6 is 0 Å². The molecule has 3 atom stereocenters. The third-order valence-corrected chi connectivity index (χ3v) is 6.59. The van der Waals surface area contributed by atoms with Crippen molar-refractivity contribution in [2.24, 2.45) is 0 Å². The monoisotopic (exact) mass is 337 g/mol. The SMILES string of the molecule is CCC1(C)C2CC[NH+]1CN(Cc1ccccc1)c1ccc(OC)cc12. The van der Waals surface area contributed by atoms with Crippen molar-refractivity contribution >= 4 is 5.69 Å². The van der Waals surface area contributed by atoms with Crippen molar-refractivity contribution in [1.29, 1.82) is 0 Å². The van der Waals surface area contributed by atoms with Crippen molar-refractivity contribution < 1.29 is 9.64 Å². The number of ether oxygens (including phenoxy) is 1. The van der Waals surface area contributed by atoms with Crippen LogP contribution in [0.5, 0.6) is 5.75 Å². The van der Waals surface area contributed by atoms with Crippen LogP contribution in [0, 0.1) is 0 Å². The molecule has 2 bridgehead atoms. The van der Waals surface area contributed by atoms with E-state index in [-0.39, 0.29) is 0 Å². The molecule has 4 rings (SSSR count). The quantitative estimate of drug-likeness (QED) is 0.923. The number of methoxy groups -OCH3 is 1. The van der Waals surface area contributed by atoms with Crippen LogP contribution in [0.3, 0.4) is 0 Å². The number of nitrogens with zero attached hydrogens (tertiary/aromatic N) is 1. The Labute approximate surface area is 151 Å². The molecule has 3 heteroatoms. The average Bonchev–Trinajstić information content (AvgIpc) is 2.93. The van der Waals surface area contributed by atoms with Crippen LogP contribution in [0.2, 0.25) is 0 Å². The Morgan fingerprint density at radius 1 is 1.20 bits per heavy atom. The van der Waals surface area contributed by atoms with E-state index in [9.17, 15) is 0 Å². The van der Waals surface area contributed by atoms with Gasteiger partial charge in [0.15, 0.2) is 6.67 Å². The maximum Gasteiger partial charge on any atom is 0.153 e. The standard InChI is InChI=1S/C22H28N2O/c1-4-22(2)20-12-13-24(22)16-23(15-17-8-6-5-7-9-17)21-11-10-18(25-3)14-19(20)21/h5-11,14,20H,4,12-13,15-16H2,1-3H3/p+1. The van der Waals surface area contributed by atoms with E-state index < -0.39 is 0 Å². The lowest BCUT2D eigenvalue weighted by Crippen LogP contribution is -3.19. The summed E-state index contributed by atoms with van der Waals surface area (Å²) in [5.74, 6) is 1.59. The minimum Gasteiger partial charge on any atom is -0.497 e. The Hall–Kier alpha value is -2.00. The first-order valence-corrected chi connectivity index (χ1v) is 9.47. The summed E-state index contributed by atoms with van der Waals surface area (Å²) in [5.41, 5.74) is 4.56. The fourth-order valence-corrected chi connectivity index (χ4v) is 4.91. The summed E-state index contributed by atoms with van der Waals surface area (Å²) in [6.45, 7) is 8.14. The van der Waals surface area contributed by atoms with Gasteiger partial charge in [0.1, 0.15) is 11.3 Å². The molecule has 2 aromatic rings. The summed E-state index contributed by atoms with van der Waals surface area (Å²) in [6.07, 6.45) is 2.49. The molecule has 132 valence electrons. The molecule has 2 heterocycles. The van der Waals surface area contributed by atoms with Crippen molar-refractivity contribution in [2.75, 3.05) is 25.2 Å². The van der Waals surface area contributed by atoms with Crippen LogP contribution in [0.4, 0.5) is 5.69 Å². The van der Waals surface area contributed by atoms with Crippen molar-refractivity contribution in [1.82, 2.24) is 0 Å². The van der Waals surface area contributed by atoms with Crippen LogP contribution in [0.25, 0.3) is 0 Å². The van der Waals surface area contributed by atoms with Gasteiger partial charge in [0.2, 0.25) is 0 Å². The lowest BCUT2D eigenvalue weighted by molar-refractivity contribution is -0.937. The Morgan fingerprint density at radius 3 is 2.72 bits per heavy atom. The molecule has 2 aliphatic heterocycles. The molecule has 2 aromatic carbocycles. The van der Waals surface area contributed by atoms with E-state index in [0.717, 1.165) is 19.0 Å². The average molecular weight is 337 g/mol. The molecular formula is C22H29N2O+. The number of fused-ring (bicyclic) bond motifs is 4. The highest BCUT2D eigenvalue weighted by Gasteiger charge is 2.51. The summed E-state index contributed by atoms with van der Waals surface area (Å²) in [6, 6.07) is 17.5. The smallest absolute Gasteiger partial charge is 0.153 e. The zero-order valence-electron chi connectivity index (χ0n) is 15.6. The molecule has 1 N–H and O–H groups in total. The molecule has 0 saturated carbocycles. The van der Waals surface area contributed by atoms with Gasteiger partial charge in [-0.2, -0.15) is 0 Å². The van der Waals surface area contributed by atoms with E-state index in [1.54, 1.807) is 12.0 Å². The molecule has 1 saturated heterocycles. The number of hydrogen-bond acceptors (Lipinski definition) is 2. The fourth-order valence-electron chi connectivity index (χ4n) is 4.91. The molecule has 3 unspecified atom stereocenters. The Bertz CT molecular complexity index is 745. The van der Waals surface area contributed by atoms with Crippen molar-refractivity contribution in [2.45, 2.75) is 44.7 Å². The Balaban J connectivity index is 1.79. The molecule has 0 aliphatic carbocycles. The van der Waals surface area contributed by atoms with Crippen molar-refractivity contribution in [3.05, 3.63) is 59.7 Å². The van der Waals surface area contributed by atoms with Crippen LogP contribution in [-0.4, -0.2) is 25.9 Å². The van der Waals surface area contributed by atoms with Crippen molar-refractivity contribution in [3.8, 4) is 5.75 Å². The Morgan fingerprint density at radius 2 is 2.00 bits per heavy atom. The van der Waals surface area contributed by atoms with Crippen LogP contribution in [-0.2, 0) is 6.54 Å². The number of quaternary nitrogens is 1. The summed E-state index contributed by atoms with van der Waals surface area (Å²) < 4.78 is 5.56. The van der Waals surface area contributed by atoms with Gasteiger partial charge >= 0.3 is 0 Å². The van der Waals surface area contributed by atoms with Gasteiger partial charge in [-0.1, -0.05) is 37.3 Å². The predicted molar refractivity (Wildman–Crippen MR) is 102 cm³/mol. The van der Waals surface area contributed by atoms with E-state index in [4.69, 9.17) is 4.74 Å². The Kier molecular flexibility index (Phi) is 4.20.